The lowest BCUT2D eigenvalue weighted by molar-refractivity contribution is -0.129. The third kappa shape index (κ3) is 8.73. The second-order valence-electron chi connectivity index (χ2n) is 9.76. The van der Waals surface area contributed by atoms with E-state index in [0.717, 1.165) is 32.1 Å². The van der Waals surface area contributed by atoms with Crippen molar-refractivity contribution in [2.24, 2.45) is 5.92 Å². The number of nitrogens with zero attached hydrogens (tertiary/aromatic N) is 1. The number of allylic oxidation sites excluding steroid dienone is 1. The molecule has 0 bridgehead atoms. The molecule has 1 aliphatic heterocycles. The van der Waals surface area contributed by atoms with Crippen LogP contribution in [0, 0.1) is 5.92 Å². The topological polar surface area (TPSA) is 87.7 Å². The Bertz CT molecular complexity index is 647. The van der Waals surface area contributed by atoms with Crippen LogP contribution in [0.3, 0.4) is 0 Å². The third-order valence-corrected chi connectivity index (χ3v) is 5.81. The van der Waals surface area contributed by atoms with Crippen molar-refractivity contribution in [1.29, 1.82) is 0 Å². The van der Waals surface area contributed by atoms with Crippen molar-refractivity contribution >= 4 is 17.7 Å². The summed E-state index contributed by atoms with van der Waals surface area (Å²) in [6, 6.07) is 0.163. The molecule has 2 N–H and O–H groups in total. The number of carbonyl (C=O) groups excluding carboxylic acids is 3. The van der Waals surface area contributed by atoms with E-state index in [1.165, 1.54) is 4.90 Å². The number of rotatable bonds is 4. The van der Waals surface area contributed by atoms with Gasteiger partial charge in [0.25, 0.3) is 0 Å². The number of hydrogen-bond acceptors (Lipinski definition) is 6. The summed E-state index contributed by atoms with van der Waals surface area (Å²) in [5.74, 6) is -0.260. The Hall–Kier alpha value is -1.73. The van der Waals surface area contributed by atoms with Crippen molar-refractivity contribution in [3.05, 3.63) is 12.2 Å². The van der Waals surface area contributed by atoms with Crippen LogP contribution in [0.15, 0.2) is 12.2 Å². The van der Waals surface area contributed by atoms with Crippen LogP contribution in [-0.2, 0) is 14.3 Å². The minimum Gasteiger partial charge on any atom is -0.445 e. The van der Waals surface area contributed by atoms with E-state index in [4.69, 9.17) is 4.74 Å². The number of hydrogen-bond donors (Lipinski definition) is 2. The summed E-state index contributed by atoms with van der Waals surface area (Å²) in [7, 11) is 1.61. The molecule has 1 amide bonds. The number of carbonyl (C=O) groups is 3. The van der Waals surface area contributed by atoms with Gasteiger partial charge in [-0.3, -0.25) is 14.9 Å². The predicted octanol–water partition coefficient (Wildman–Crippen LogP) is 3.47. The van der Waals surface area contributed by atoms with Gasteiger partial charge >= 0.3 is 6.09 Å². The van der Waals surface area contributed by atoms with Gasteiger partial charge in [0.05, 0.1) is 17.6 Å². The van der Waals surface area contributed by atoms with Crippen LogP contribution in [0.2, 0.25) is 0 Å². The van der Waals surface area contributed by atoms with Gasteiger partial charge in [0, 0.05) is 25.6 Å². The van der Waals surface area contributed by atoms with Crippen LogP contribution in [0.25, 0.3) is 0 Å². The van der Waals surface area contributed by atoms with E-state index in [0.29, 0.717) is 0 Å². The summed E-state index contributed by atoms with van der Waals surface area (Å²) in [6.07, 6.45) is 8.03. The monoisotopic (exact) mass is 437 g/mol. The number of cyclic esters (lactones) is 1. The number of Topliss-reactive ketones (excluding diaryl/α,β-unsaturated/α-hetero) is 2. The molecule has 0 saturated heterocycles. The fourth-order valence-corrected chi connectivity index (χ4v) is 4.13. The third-order valence-electron chi connectivity index (χ3n) is 5.81. The lowest BCUT2D eigenvalue weighted by atomic mass is 9.85. The van der Waals surface area contributed by atoms with Crippen molar-refractivity contribution in [3.8, 4) is 0 Å². The fourth-order valence-electron chi connectivity index (χ4n) is 4.13. The van der Waals surface area contributed by atoms with Gasteiger partial charge in [-0.25, -0.2) is 4.79 Å². The highest BCUT2D eigenvalue weighted by Gasteiger charge is 2.39. The van der Waals surface area contributed by atoms with Crippen molar-refractivity contribution < 1.29 is 19.1 Å². The minimum absolute atomic E-state index is 0.0263. The first-order chi connectivity index (χ1) is 14.4. The van der Waals surface area contributed by atoms with Crippen LogP contribution in [0.1, 0.15) is 73.6 Å². The van der Waals surface area contributed by atoms with E-state index in [1.54, 1.807) is 14.0 Å². The van der Waals surface area contributed by atoms with E-state index in [9.17, 15) is 14.4 Å². The van der Waals surface area contributed by atoms with Gasteiger partial charge in [-0.2, -0.15) is 0 Å². The second kappa shape index (κ2) is 12.3. The largest absolute Gasteiger partial charge is 0.445 e. The van der Waals surface area contributed by atoms with Gasteiger partial charge in [-0.1, -0.05) is 38.8 Å². The molecule has 0 unspecified atom stereocenters. The van der Waals surface area contributed by atoms with Crippen LogP contribution < -0.4 is 10.6 Å². The lowest BCUT2D eigenvalue weighted by Gasteiger charge is -2.37. The number of ketones is 2. The molecule has 1 aliphatic rings. The smallest absolute Gasteiger partial charge is 0.409 e. The van der Waals surface area contributed by atoms with E-state index < -0.39 is 17.2 Å². The minimum atomic E-state index is -1.06. The molecule has 0 aliphatic carbocycles. The first-order valence-corrected chi connectivity index (χ1v) is 11.5. The van der Waals surface area contributed by atoms with Gasteiger partial charge in [0.2, 0.25) is 0 Å². The standard InChI is InChI=1S/C24H43N3O4/c1-18(2)21(29)24(6)17-27(7)22(30)31-15-13-11-9-8-10-12-14-23(5,26-19(3)4)20(28)16-25-24/h11,13,18-19,25-26H,8-10,12,14-17H2,1-7H3/t23-,24+/m1/s1. The normalized spacial score (nSPS) is 28.0. The Balaban J connectivity index is 3.15. The molecule has 0 radical (unpaired) electrons. The van der Waals surface area contributed by atoms with E-state index >= 15 is 0 Å². The van der Waals surface area contributed by atoms with Crippen LogP contribution >= 0.6 is 0 Å². The highest BCUT2D eigenvalue weighted by molar-refractivity contribution is 5.93. The second-order valence-corrected chi connectivity index (χ2v) is 9.76. The quantitative estimate of drug-likeness (QED) is 0.655. The number of ether oxygens (including phenoxy) is 1. The molecule has 0 saturated carbocycles. The Labute approximate surface area is 188 Å². The Morgan fingerprint density at radius 2 is 1.81 bits per heavy atom. The van der Waals surface area contributed by atoms with Crippen LogP contribution in [0.5, 0.6) is 0 Å². The molecule has 2 atom stereocenters. The summed E-state index contributed by atoms with van der Waals surface area (Å²) in [6.45, 7) is 11.8. The summed E-state index contributed by atoms with van der Waals surface area (Å²) >= 11 is 0. The number of amides is 1. The molecule has 7 nitrogen and oxygen atoms in total. The molecule has 178 valence electrons. The molecule has 1 heterocycles. The SMILES string of the molecule is CC(C)N[C@]1(C)CCCCCC=CCOC(=O)N(C)C[C@@](C)(C(=O)C(C)C)NCC1=O. The van der Waals surface area contributed by atoms with Crippen molar-refractivity contribution in [2.45, 2.75) is 90.8 Å². The van der Waals surface area contributed by atoms with Gasteiger partial charge in [0.1, 0.15) is 6.61 Å². The van der Waals surface area contributed by atoms with Crippen LogP contribution in [0.4, 0.5) is 4.79 Å². The van der Waals surface area contributed by atoms with Gasteiger partial charge in [0.15, 0.2) is 11.6 Å². The van der Waals surface area contributed by atoms with Gasteiger partial charge in [-0.05, 0) is 47.0 Å². The molecule has 31 heavy (non-hydrogen) atoms. The average Bonchev–Trinajstić information content (AvgIpc) is 2.68. The maximum Gasteiger partial charge on any atom is 0.409 e. The Morgan fingerprint density at radius 1 is 1.13 bits per heavy atom. The first-order valence-electron chi connectivity index (χ1n) is 11.5. The van der Waals surface area contributed by atoms with Crippen molar-refractivity contribution in [2.75, 3.05) is 26.7 Å². The highest BCUT2D eigenvalue weighted by atomic mass is 16.6. The molecule has 0 fully saturated rings. The zero-order chi connectivity index (χ0) is 23.7. The zero-order valence-corrected chi connectivity index (χ0v) is 20.5. The van der Waals surface area contributed by atoms with E-state index in [-0.39, 0.29) is 43.2 Å². The number of likely N-dealkylation sites (N-methyl/N-ethyl adjacent to an activating group) is 1. The maximum atomic E-state index is 13.3. The molecular weight excluding hydrogens is 394 g/mol. The van der Waals surface area contributed by atoms with E-state index in [2.05, 4.69) is 10.6 Å². The molecule has 0 spiro atoms. The number of nitrogens with one attached hydrogen (secondary N) is 2. The summed E-state index contributed by atoms with van der Waals surface area (Å²) < 4.78 is 5.30. The van der Waals surface area contributed by atoms with Crippen LogP contribution in [-0.4, -0.2) is 66.4 Å². The van der Waals surface area contributed by atoms with Gasteiger partial charge < -0.3 is 15.0 Å². The zero-order valence-electron chi connectivity index (χ0n) is 20.5. The van der Waals surface area contributed by atoms with Crippen molar-refractivity contribution in [3.63, 3.8) is 0 Å². The van der Waals surface area contributed by atoms with Gasteiger partial charge in [-0.15, -0.1) is 0 Å². The summed E-state index contributed by atoms with van der Waals surface area (Å²) in [5.41, 5.74) is -1.72. The Morgan fingerprint density at radius 3 is 2.42 bits per heavy atom. The highest BCUT2D eigenvalue weighted by Crippen LogP contribution is 2.20. The molecule has 7 heteroatoms. The van der Waals surface area contributed by atoms with E-state index in [1.807, 2.05) is 46.8 Å². The molecule has 0 aromatic carbocycles. The Kier molecular flexibility index (Phi) is 10.9. The summed E-state index contributed by atoms with van der Waals surface area (Å²) in [4.78, 5) is 40.1. The average molecular weight is 438 g/mol. The summed E-state index contributed by atoms with van der Waals surface area (Å²) in [5, 5.41) is 6.64. The lowest BCUT2D eigenvalue weighted by Crippen LogP contribution is -2.62. The maximum absolute atomic E-state index is 13.3. The predicted molar refractivity (Wildman–Crippen MR) is 124 cm³/mol. The molecule has 1 rings (SSSR count). The molecule has 0 aromatic heterocycles. The first kappa shape index (κ1) is 27.3. The fraction of sp³-hybridized carbons (Fsp3) is 0.792. The molecule has 0 aromatic rings. The van der Waals surface area contributed by atoms with Crippen molar-refractivity contribution in [1.82, 2.24) is 15.5 Å². The molecular formula is C24H43N3O4.